The van der Waals surface area contributed by atoms with Crippen LogP contribution in [0.5, 0.6) is 0 Å². The van der Waals surface area contributed by atoms with Crippen molar-refractivity contribution in [1.29, 1.82) is 0 Å². The molecule has 118 valence electrons. The Morgan fingerprint density at radius 2 is 1.95 bits per heavy atom. The number of aromatic nitrogens is 1. The van der Waals surface area contributed by atoms with Gasteiger partial charge in [0.15, 0.2) is 5.69 Å². The van der Waals surface area contributed by atoms with Gasteiger partial charge in [-0.15, -0.1) is 0 Å². The summed E-state index contributed by atoms with van der Waals surface area (Å²) in [5.74, 6) is -0.805. The number of esters is 1. The maximum Gasteiger partial charge on any atom is 0.436 e. The van der Waals surface area contributed by atoms with Gasteiger partial charge in [-0.25, -0.2) is 0 Å². The molecule has 0 fully saturated rings. The molecule has 0 amide bonds. The molecule has 1 heterocycles. The van der Waals surface area contributed by atoms with Crippen LogP contribution < -0.4 is 5.32 Å². The zero-order chi connectivity index (χ0) is 16.3. The summed E-state index contributed by atoms with van der Waals surface area (Å²) in [5.41, 5.74) is 0.100. The standard InChI is InChI=1S/C14H13F3N2O3/c1-8(12(20)21-2)9-3-5-10(6-4-9)18-13-19-11(7-22-13)14(15,16)17/h3-8H,1-2H3,(H,18,19)/t8-/m1/s1. The highest BCUT2D eigenvalue weighted by molar-refractivity contribution is 5.77. The summed E-state index contributed by atoms with van der Waals surface area (Å²) < 4.78 is 46.5. The van der Waals surface area contributed by atoms with Crippen LogP contribution in [0.1, 0.15) is 24.1 Å². The second kappa shape index (κ2) is 6.08. The minimum absolute atomic E-state index is 0.263. The first kappa shape index (κ1) is 15.9. The first-order valence-corrected chi connectivity index (χ1v) is 6.29. The first-order chi connectivity index (χ1) is 10.3. The molecule has 1 aromatic heterocycles. The fraction of sp³-hybridized carbons (Fsp3) is 0.286. The van der Waals surface area contributed by atoms with E-state index in [2.05, 4.69) is 15.0 Å². The minimum atomic E-state index is -4.55. The summed E-state index contributed by atoms with van der Waals surface area (Å²) in [6.45, 7) is 1.69. The van der Waals surface area contributed by atoms with Gasteiger partial charge in [0, 0.05) is 5.69 Å². The maximum atomic E-state index is 12.4. The minimum Gasteiger partial charge on any atom is -0.469 e. The Bertz CT molecular complexity index is 650. The molecule has 0 saturated heterocycles. The molecule has 22 heavy (non-hydrogen) atoms. The van der Waals surface area contributed by atoms with Crippen LogP contribution in [0.2, 0.25) is 0 Å². The lowest BCUT2D eigenvalue weighted by molar-refractivity contribution is -0.142. The van der Waals surface area contributed by atoms with Gasteiger partial charge in [-0.3, -0.25) is 4.79 Å². The van der Waals surface area contributed by atoms with E-state index in [1.165, 1.54) is 7.11 Å². The number of hydrogen-bond acceptors (Lipinski definition) is 5. The van der Waals surface area contributed by atoms with Crippen molar-refractivity contribution in [3.05, 3.63) is 41.8 Å². The normalized spacial score (nSPS) is 12.8. The summed E-state index contributed by atoms with van der Waals surface area (Å²) >= 11 is 0. The van der Waals surface area contributed by atoms with Gasteiger partial charge in [-0.1, -0.05) is 12.1 Å². The molecular formula is C14H13F3N2O3. The van der Waals surface area contributed by atoms with E-state index in [0.29, 0.717) is 12.0 Å². The van der Waals surface area contributed by atoms with Crippen LogP contribution in [0.15, 0.2) is 34.9 Å². The number of alkyl halides is 3. The molecule has 1 atom stereocenters. The lowest BCUT2D eigenvalue weighted by atomic mass is 10.0. The van der Waals surface area contributed by atoms with Crippen LogP contribution in [0.25, 0.3) is 0 Å². The number of carbonyl (C=O) groups excluding carboxylic acids is 1. The third kappa shape index (κ3) is 3.57. The Hall–Kier alpha value is -2.51. The van der Waals surface area contributed by atoms with Gasteiger partial charge < -0.3 is 14.5 Å². The molecule has 5 nitrogen and oxygen atoms in total. The summed E-state index contributed by atoms with van der Waals surface area (Å²) in [5, 5.41) is 2.61. The second-order valence-corrected chi connectivity index (χ2v) is 4.53. The molecular weight excluding hydrogens is 301 g/mol. The molecule has 2 aromatic rings. The van der Waals surface area contributed by atoms with Crippen molar-refractivity contribution in [3.63, 3.8) is 0 Å². The van der Waals surface area contributed by atoms with Crippen LogP contribution in [0.3, 0.4) is 0 Å². The van der Waals surface area contributed by atoms with Crippen LogP contribution in [0, 0.1) is 0 Å². The topological polar surface area (TPSA) is 64.4 Å². The van der Waals surface area contributed by atoms with Crippen molar-refractivity contribution >= 4 is 17.7 Å². The predicted molar refractivity (Wildman–Crippen MR) is 71.7 cm³/mol. The number of ether oxygens (including phenoxy) is 1. The second-order valence-electron chi connectivity index (χ2n) is 4.53. The van der Waals surface area contributed by atoms with Crippen LogP contribution in [0.4, 0.5) is 24.9 Å². The van der Waals surface area contributed by atoms with Crippen molar-refractivity contribution in [2.75, 3.05) is 12.4 Å². The maximum absolute atomic E-state index is 12.4. The van der Waals surface area contributed by atoms with E-state index >= 15 is 0 Å². The highest BCUT2D eigenvalue weighted by Gasteiger charge is 2.34. The smallest absolute Gasteiger partial charge is 0.436 e. The van der Waals surface area contributed by atoms with Crippen molar-refractivity contribution in [3.8, 4) is 0 Å². The lowest BCUT2D eigenvalue weighted by Gasteiger charge is -2.10. The van der Waals surface area contributed by atoms with Crippen LogP contribution in [-0.4, -0.2) is 18.1 Å². The Kier molecular flexibility index (Phi) is 4.39. The highest BCUT2D eigenvalue weighted by Crippen LogP contribution is 2.30. The summed E-state index contributed by atoms with van der Waals surface area (Å²) in [6, 6.07) is 6.27. The molecule has 2 rings (SSSR count). The van der Waals surface area contributed by atoms with E-state index in [-0.39, 0.29) is 12.0 Å². The Morgan fingerprint density at radius 1 is 1.32 bits per heavy atom. The van der Waals surface area contributed by atoms with Gasteiger partial charge in [-0.05, 0) is 24.6 Å². The summed E-state index contributed by atoms with van der Waals surface area (Å²) in [7, 11) is 1.30. The number of halogens is 3. The average Bonchev–Trinajstić information content (AvgIpc) is 2.95. The fourth-order valence-electron chi connectivity index (χ4n) is 1.75. The van der Waals surface area contributed by atoms with Crippen LogP contribution in [-0.2, 0) is 15.7 Å². The molecule has 1 aromatic carbocycles. The zero-order valence-corrected chi connectivity index (χ0v) is 11.8. The van der Waals surface area contributed by atoms with Gasteiger partial charge in [0.2, 0.25) is 0 Å². The number of methoxy groups -OCH3 is 1. The number of nitrogens with one attached hydrogen (secondary N) is 1. The number of benzene rings is 1. The van der Waals surface area contributed by atoms with Gasteiger partial charge in [0.25, 0.3) is 6.01 Å². The number of nitrogens with zero attached hydrogens (tertiary/aromatic N) is 1. The molecule has 0 saturated carbocycles. The van der Waals surface area contributed by atoms with Crippen molar-refractivity contribution in [1.82, 2.24) is 4.98 Å². The van der Waals surface area contributed by atoms with Gasteiger partial charge in [0.05, 0.1) is 13.0 Å². The molecule has 0 unspecified atom stereocenters. The molecule has 8 heteroatoms. The molecule has 0 aliphatic heterocycles. The molecule has 0 aliphatic rings. The third-order valence-corrected chi connectivity index (χ3v) is 3.01. The van der Waals surface area contributed by atoms with Crippen molar-refractivity contribution < 1.29 is 27.1 Å². The largest absolute Gasteiger partial charge is 0.469 e. The van der Waals surface area contributed by atoms with E-state index < -0.39 is 17.8 Å². The first-order valence-electron chi connectivity index (χ1n) is 6.29. The number of hydrogen-bond donors (Lipinski definition) is 1. The fourth-order valence-corrected chi connectivity index (χ4v) is 1.75. The van der Waals surface area contributed by atoms with Crippen molar-refractivity contribution in [2.45, 2.75) is 19.0 Å². The van der Waals surface area contributed by atoms with E-state index in [4.69, 9.17) is 4.42 Å². The lowest BCUT2D eigenvalue weighted by Crippen LogP contribution is -2.10. The quantitative estimate of drug-likeness (QED) is 0.872. The third-order valence-electron chi connectivity index (χ3n) is 3.01. The molecule has 0 radical (unpaired) electrons. The highest BCUT2D eigenvalue weighted by atomic mass is 19.4. The van der Waals surface area contributed by atoms with Crippen LogP contribution >= 0.6 is 0 Å². The number of oxazole rings is 1. The van der Waals surface area contributed by atoms with E-state index in [9.17, 15) is 18.0 Å². The Morgan fingerprint density at radius 3 is 2.45 bits per heavy atom. The monoisotopic (exact) mass is 314 g/mol. The molecule has 0 spiro atoms. The van der Waals surface area contributed by atoms with E-state index in [1.807, 2.05) is 0 Å². The predicted octanol–water partition coefficient (Wildman–Crippen LogP) is 3.71. The molecule has 0 aliphatic carbocycles. The number of carbonyl (C=O) groups is 1. The zero-order valence-electron chi connectivity index (χ0n) is 11.8. The Labute approximate surface area is 124 Å². The Balaban J connectivity index is 2.08. The summed E-state index contributed by atoms with van der Waals surface area (Å²) in [6.07, 6.45) is -4.01. The molecule has 0 bridgehead atoms. The average molecular weight is 314 g/mol. The van der Waals surface area contributed by atoms with Gasteiger partial charge in [-0.2, -0.15) is 18.2 Å². The number of rotatable bonds is 4. The summed E-state index contributed by atoms with van der Waals surface area (Å²) in [4.78, 5) is 14.7. The number of anilines is 2. The molecule has 1 N–H and O–H groups in total. The van der Waals surface area contributed by atoms with E-state index in [1.54, 1.807) is 31.2 Å². The van der Waals surface area contributed by atoms with Crippen molar-refractivity contribution in [2.24, 2.45) is 0 Å². The van der Waals surface area contributed by atoms with Gasteiger partial charge >= 0.3 is 12.1 Å². The van der Waals surface area contributed by atoms with E-state index in [0.717, 1.165) is 5.56 Å². The SMILES string of the molecule is COC(=O)[C@H](C)c1ccc(Nc2nc(C(F)(F)F)co2)cc1. The van der Waals surface area contributed by atoms with Gasteiger partial charge in [0.1, 0.15) is 6.26 Å².